The Kier molecular flexibility index (Phi) is 4.57. The molecule has 3 nitrogen and oxygen atoms in total. The van der Waals surface area contributed by atoms with Gasteiger partial charge in [-0.2, -0.15) is 0 Å². The molecule has 0 spiro atoms. The largest absolute Gasteiger partial charge is 0.488 e. The highest BCUT2D eigenvalue weighted by Crippen LogP contribution is 2.32. The van der Waals surface area contributed by atoms with Crippen molar-refractivity contribution in [2.24, 2.45) is 5.92 Å². The summed E-state index contributed by atoms with van der Waals surface area (Å²) in [6, 6.07) is 6.17. The van der Waals surface area contributed by atoms with E-state index >= 15 is 0 Å². The molecule has 1 saturated carbocycles. The lowest BCUT2D eigenvalue weighted by molar-refractivity contribution is -0.00728. The van der Waals surface area contributed by atoms with Gasteiger partial charge in [0.1, 0.15) is 11.9 Å². The molecule has 1 fully saturated rings. The molecule has 0 saturated heterocycles. The molecule has 1 aliphatic carbocycles. The predicted molar refractivity (Wildman–Crippen MR) is 87.7 cm³/mol. The van der Waals surface area contributed by atoms with Crippen LogP contribution in [0.1, 0.15) is 38.2 Å². The molecular formula is C17H24BrNO2. The maximum atomic E-state index is 10.6. The Bertz CT molecular complexity index is 498. The monoisotopic (exact) mass is 353 g/mol. The molecule has 1 aromatic carbocycles. The van der Waals surface area contributed by atoms with Gasteiger partial charge in [0.2, 0.25) is 0 Å². The van der Waals surface area contributed by atoms with E-state index < -0.39 is 5.60 Å². The lowest BCUT2D eigenvalue weighted by atomic mass is 9.79. The van der Waals surface area contributed by atoms with Gasteiger partial charge in [0.25, 0.3) is 0 Å². The first kappa shape index (κ1) is 15.3. The lowest BCUT2D eigenvalue weighted by Gasteiger charge is -2.35. The number of halogens is 1. The Morgan fingerprint density at radius 3 is 2.90 bits per heavy atom. The van der Waals surface area contributed by atoms with Gasteiger partial charge in [0, 0.05) is 24.0 Å². The van der Waals surface area contributed by atoms with Crippen LogP contribution in [-0.2, 0) is 6.42 Å². The molecule has 3 rings (SSSR count). The predicted octanol–water partition coefficient (Wildman–Crippen LogP) is 3.28. The van der Waals surface area contributed by atoms with Crippen LogP contribution < -0.4 is 10.1 Å². The minimum Gasteiger partial charge on any atom is -0.488 e. The summed E-state index contributed by atoms with van der Waals surface area (Å²) in [6.45, 7) is 3.75. The minimum atomic E-state index is -0.513. The summed E-state index contributed by atoms with van der Waals surface area (Å²) in [6.07, 6.45) is 5.23. The molecule has 0 radical (unpaired) electrons. The van der Waals surface area contributed by atoms with Gasteiger partial charge in [-0.3, -0.25) is 0 Å². The molecule has 0 aromatic heterocycles. The van der Waals surface area contributed by atoms with Crippen LogP contribution in [0.2, 0.25) is 0 Å². The summed E-state index contributed by atoms with van der Waals surface area (Å²) < 4.78 is 7.04. The average molecular weight is 354 g/mol. The molecule has 1 aromatic rings. The molecule has 1 atom stereocenters. The number of hydrogen-bond donors (Lipinski definition) is 2. The van der Waals surface area contributed by atoms with Crippen molar-refractivity contribution in [1.29, 1.82) is 0 Å². The Morgan fingerprint density at radius 1 is 1.38 bits per heavy atom. The normalized spacial score (nSPS) is 31.8. The molecule has 4 heteroatoms. The van der Waals surface area contributed by atoms with Crippen LogP contribution >= 0.6 is 15.9 Å². The average Bonchev–Trinajstić information content (AvgIpc) is 2.84. The highest BCUT2D eigenvalue weighted by Gasteiger charge is 2.32. The Hall–Kier alpha value is -0.580. The van der Waals surface area contributed by atoms with E-state index in [0.717, 1.165) is 54.8 Å². The van der Waals surface area contributed by atoms with Gasteiger partial charge in [0.15, 0.2) is 0 Å². The van der Waals surface area contributed by atoms with Gasteiger partial charge >= 0.3 is 0 Å². The first-order chi connectivity index (χ1) is 10.0. The molecule has 1 unspecified atom stereocenters. The number of rotatable bonds is 4. The van der Waals surface area contributed by atoms with E-state index in [1.807, 2.05) is 12.1 Å². The van der Waals surface area contributed by atoms with E-state index in [9.17, 15) is 5.11 Å². The SMILES string of the molecule is CC1CCC(O)(CNCC2Cc3cc(Br)ccc3O2)CC1. The van der Waals surface area contributed by atoms with Crippen LogP contribution in [0.15, 0.2) is 22.7 Å². The number of benzene rings is 1. The maximum absolute atomic E-state index is 10.6. The van der Waals surface area contributed by atoms with Crippen LogP contribution in [0.4, 0.5) is 0 Å². The van der Waals surface area contributed by atoms with Gasteiger partial charge in [0.05, 0.1) is 5.60 Å². The van der Waals surface area contributed by atoms with E-state index in [2.05, 4.69) is 34.2 Å². The fourth-order valence-corrected chi connectivity index (χ4v) is 3.75. The fraction of sp³-hybridized carbons (Fsp3) is 0.647. The van der Waals surface area contributed by atoms with Crippen molar-refractivity contribution in [3.63, 3.8) is 0 Å². The first-order valence-corrected chi connectivity index (χ1v) is 8.72. The van der Waals surface area contributed by atoms with E-state index in [4.69, 9.17) is 4.74 Å². The zero-order valence-electron chi connectivity index (χ0n) is 12.6. The quantitative estimate of drug-likeness (QED) is 0.872. The maximum Gasteiger partial charge on any atom is 0.123 e. The first-order valence-electron chi connectivity index (χ1n) is 7.92. The van der Waals surface area contributed by atoms with Crippen LogP contribution in [-0.4, -0.2) is 29.9 Å². The minimum absolute atomic E-state index is 0.181. The van der Waals surface area contributed by atoms with Gasteiger partial charge in [-0.1, -0.05) is 22.9 Å². The van der Waals surface area contributed by atoms with Gasteiger partial charge in [-0.25, -0.2) is 0 Å². The third-order valence-electron chi connectivity index (χ3n) is 4.79. The van der Waals surface area contributed by atoms with E-state index in [1.165, 1.54) is 5.56 Å². The smallest absolute Gasteiger partial charge is 0.123 e. The number of ether oxygens (including phenoxy) is 1. The third kappa shape index (κ3) is 3.79. The van der Waals surface area contributed by atoms with E-state index in [1.54, 1.807) is 0 Å². The summed E-state index contributed by atoms with van der Waals surface area (Å²) in [7, 11) is 0. The van der Waals surface area contributed by atoms with Crippen LogP contribution in [0.3, 0.4) is 0 Å². The second-order valence-corrected chi connectivity index (χ2v) is 7.65. The van der Waals surface area contributed by atoms with Crippen molar-refractivity contribution in [3.8, 4) is 5.75 Å². The van der Waals surface area contributed by atoms with Crippen molar-refractivity contribution in [3.05, 3.63) is 28.2 Å². The van der Waals surface area contributed by atoms with E-state index in [0.29, 0.717) is 6.54 Å². The zero-order chi connectivity index (χ0) is 14.9. The van der Waals surface area contributed by atoms with Crippen LogP contribution in [0.5, 0.6) is 5.75 Å². The zero-order valence-corrected chi connectivity index (χ0v) is 14.2. The molecular weight excluding hydrogens is 330 g/mol. The molecule has 0 amide bonds. The summed E-state index contributed by atoms with van der Waals surface area (Å²) in [5, 5.41) is 14.0. The summed E-state index contributed by atoms with van der Waals surface area (Å²) in [5.41, 5.74) is 0.752. The Balaban J connectivity index is 1.45. The van der Waals surface area contributed by atoms with Crippen LogP contribution in [0, 0.1) is 5.92 Å². The van der Waals surface area contributed by atoms with Gasteiger partial charge in [-0.15, -0.1) is 0 Å². The van der Waals surface area contributed by atoms with Crippen molar-refractivity contribution < 1.29 is 9.84 Å². The second kappa shape index (κ2) is 6.27. The summed E-state index contributed by atoms with van der Waals surface area (Å²) >= 11 is 3.50. The van der Waals surface area contributed by atoms with Crippen LogP contribution in [0.25, 0.3) is 0 Å². The fourth-order valence-electron chi connectivity index (χ4n) is 3.34. The highest BCUT2D eigenvalue weighted by atomic mass is 79.9. The van der Waals surface area contributed by atoms with Crippen molar-refractivity contribution in [2.75, 3.05) is 13.1 Å². The van der Waals surface area contributed by atoms with Gasteiger partial charge < -0.3 is 15.2 Å². The van der Waals surface area contributed by atoms with Crippen molar-refractivity contribution in [2.45, 2.75) is 50.7 Å². The van der Waals surface area contributed by atoms with Crippen molar-refractivity contribution in [1.82, 2.24) is 5.32 Å². The highest BCUT2D eigenvalue weighted by molar-refractivity contribution is 9.10. The molecule has 116 valence electrons. The number of nitrogens with one attached hydrogen (secondary N) is 1. The van der Waals surface area contributed by atoms with E-state index in [-0.39, 0.29) is 6.10 Å². The van der Waals surface area contributed by atoms with Crippen molar-refractivity contribution >= 4 is 15.9 Å². The Morgan fingerprint density at radius 2 is 2.14 bits per heavy atom. The topological polar surface area (TPSA) is 41.5 Å². The molecule has 1 heterocycles. The summed E-state index contributed by atoms with van der Waals surface area (Å²) in [5.74, 6) is 1.76. The second-order valence-electron chi connectivity index (χ2n) is 6.73. The standard InChI is InChI=1S/C17H24BrNO2/c1-12-4-6-17(20,7-5-12)11-19-10-15-9-13-8-14(18)2-3-16(13)21-15/h2-3,8,12,15,19-20H,4-7,9-11H2,1H3. The molecule has 1 aliphatic heterocycles. The Labute approximate surface area is 135 Å². The number of hydrogen-bond acceptors (Lipinski definition) is 3. The lowest BCUT2D eigenvalue weighted by Crippen LogP contribution is -2.45. The molecule has 2 aliphatic rings. The number of fused-ring (bicyclic) bond motifs is 1. The molecule has 21 heavy (non-hydrogen) atoms. The molecule has 0 bridgehead atoms. The molecule has 2 N–H and O–H groups in total. The van der Waals surface area contributed by atoms with Gasteiger partial charge in [-0.05, 0) is 55.4 Å². The third-order valence-corrected chi connectivity index (χ3v) is 5.29. The summed E-state index contributed by atoms with van der Waals surface area (Å²) in [4.78, 5) is 0. The number of aliphatic hydroxyl groups is 1.